The zero-order chi connectivity index (χ0) is 18.1. The second kappa shape index (κ2) is 7.67. The van der Waals surface area contributed by atoms with Crippen molar-refractivity contribution in [3.63, 3.8) is 0 Å². The van der Waals surface area contributed by atoms with E-state index >= 15 is 0 Å². The minimum absolute atomic E-state index is 0.147. The van der Waals surface area contributed by atoms with Gasteiger partial charge in [-0.1, -0.05) is 11.9 Å². The fourth-order valence-corrected chi connectivity index (χ4v) is 5.22. The Hall–Kier alpha value is -1.42. The molecule has 1 saturated heterocycles. The first-order valence-corrected chi connectivity index (χ1v) is 10.6. The summed E-state index contributed by atoms with van der Waals surface area (Å²) in [6.45, 7) is 3.27. The van der Waals surface area contributed by atoms with Crippen LogP contribution in [0, 0.1) is 0 Å². The predicted octanol–water partition coefficient (Wildman–Crippen LogP) is 1.56. The number of rotatable bonds is 6. The maximum atomic E-state index is 12.4. The van der Waals surface area contributed by atoms with Gasteiger partial charge >= 0.3 is 5.97 Å². The number of nitrogens with one attached hydrogen (secondary N) is 1. The van der Waals surface area contributed by atoms with E-state index < -0.39 is 0 Å². The van der Waals surface area contributed by atoms with Gasteiger partial charge in [0.05, 0.1) is 24.8 Å². The van der Waals surface area contributed by atoms with Crippen LogP contribution in [0.5, 0.6) is 0 Å². The Morgan fingerprint density at radius 3 is 3.08 bits per heavy atom. The summed E-state index contributed by atoms with van der Waals surface area (Å²) in [6.07, 6.45) is 4.08. The van der Waals surface area contributed by atoms with Gasteiger partial charge in [0, 0.05) is 41.5 Å². The number of aliphatic hydroxyl groups excluding tert-OH is 1. The molecule has 3 aliphatic rings. The molecule has 3 heterocycles. The summed E-state index contributed by atoms with van der Waals surface area (Å²) >= 11 is 3.25. The Bertz CT molecular complexity index is 728. The number of fused-ring (bicyclic) bond motifs is 1. The number of aromatic nitrogens is 1. The number of thiazole rings is 1. The van der Waals surface area contributed by atoms with Crippen molar-refractivity contribution in [2.75, 3.05) is 19.7 Å². The molecular weight excluding hydrogens is 372 g/mol. The highest BCUT2D eigenvalue weighted by Gasteiger charge is 2.38. The van der Waals surface area contributed by atoms with Crippen LogP contribution in [0.25, 0.3) is 0 Å². The van der Waals surface area contributed by atoms with Crippen LogP contribution in [-0.4, -0.2) is 63.9 Å². The van der Waals surface area contributed by atoms with Crippen molar-refractivity contribution >= 4 is 35.1 Å². The first-order valence-electron chi connectivity index (χ1n) is 8.86. The SMILES string of the molecule is CCOC(=O)C1=C2CC(NSC3CC(O)C3)CN2C(c2nccs2)=NC1. The van der Waals surface area contributed by atoms with E-state index in [2.05, 4.69) is 19.6 Å². The molecule has 0 aromatic carbocycles. The van der Waals surface area contributed by atoms with Crippen molar-refractivity contribution in [3.05, 3.63) is 27.9 Å². The second-order valence-corrected chi connectivity index (χ2v) is 8.65. The molecule has 0 bridgehead atoms. The maximum Gasteiger partial charge on any atom is 0.337 e. The Morgan fingerprint density at radius 2 is 2.38 bits per heavy atom. The molecule has 0 spiro atoms. The van der Waals surface area contributed by atoms with E-state index in [4.69, 9.17) is 4.74 Å². The lowest BCUT2D eigenvalue weighted by atomic mass is 9.96. The van der Waals surface area contributed by atoms with Crippen LogP contribution in [0.2, 0.25) is 0 Å². The van der Waals surface area contributed by atoms with Crippen LogP contribution in [0.15, 0.2) is 27.8 Å². The summed E-state index contributed by atoms with van der Waals surface area (Å²) < 4.78 is 8.75. The molecule has 9 heteroatoms. The van der Waals surface area contributed by atoms with Gasteiger partial charge in [-0.25, -0.2) is 9.78 Å². The maximum absolute atomic E-state index is 12.4. The Kier molecular flexibility index (Phi) is 5.30. The van der Waals surface area contributed by atoms with Gasteiger partial charge in [-0.05, 0) is 19.8 Å². The van der Waals surface area contributed by atoms with Crippen molar-refractivity contribution < 1.29 is 14.6 Å². The summed E-state index contributed by atoms with van der Waals surface area (Å²) in [4.78, 5) is 23.5. The summed E-state index contributed by atoms with van der Waals surface area (Å²) in [5.74, 6) is 0.571. The number of amidine groups is 1. The molecule has 1 aromatic heterocycles. The highest BCUT2D eigenvalue weighted by atomic mass is 32.2. The first kappa shape index (κ1) is 18.0. The summed E-state index contributed by atoms with van der Waals surface area (Å²) in [6, 6.07) is 0.223. The second-order valence-electron chi connectivity index (χ2n) is 6.62. The number of aliphatic hydroxyl groups is 1. The molecular formula is C17H22N4O3S2. The summed E-state index contributed by atoms with van der Waals surface area (Å²) in [5.41, 5.74) is 1.65. The highest BCUT2D eigenvalue weighted by Crippen LogP contribution is 2.35. The van der Waals surface area contributed by atoms with Crippen LogP contribution in [0.1, 0.15) is 31.2 Å². The monoisotopic (exact) mass is 394 g/mol. The van der Waals surface area contributed by atoms with Crippen LogP contribution in [-0.2, 0) is 9.53 Å². The van der Waals surface area contributed by atoms with Crippen molar-refractivity contribution in [3.8, 4) is 0 Å². The van der Waals surface area contributed by atoms with Crippen molar-refractivity contribution in [2.24, 2.45) is 4.99 Å². The number of carbonyl (C=O) groups is 1. The molecule has 0 radical (unpaired) electrons. The molecule has 26 heavy (non-hydrogen) atoms. The van der Waals surface area contributed by atoms with Crippen LogP contribution >= 0.6 is 23.3 Å². The third kappa shape index (κ3) is 3.53. The molecule has 1 aliphatic carbocycles. The number of hydrogen-bond donors (Lipinski definition) is 2. The highest BCUT2D eigenvalue weighted by molar-refractivity contribution is 7.98. The van der Waals surface area contributed by atoms with E-state index in [1.165, 1.54) is 0 Å². The average Bonchev–Trinajstić information content (AvgIpc) is 3.26. The number of aliphatic imine (C=N–C) groups is 1. The standard InChI is InChI=1S/C17H22N4O3S2/c1-2-24-17(23)13-8-19-15(16-18-3-4-25-16)21-9-10(5-14(13)21)20-26-12-6-11(22)7-12/h3-4,10-12,20,22H,2,5-9H2,1H3. The largest absolute Gasteiger partial charge is 0.463 e. The van der Waals surface area contributed by atoms with Crippen LogP contribution in [0.3, 0.4) is 0 Å². The lowest BCUT2D eigenvalue weighted by Gasteiger charge is -2.31. The molecule has 1 unspecified atom stereocenters. The van der Waals surface area contributed by atoms with Crippen LogP contribution in [0.4, 0.5) is 0 Å². The number of ether oxygens (including phenoxy) is 1. The summed E-state index contributed by atoms with van der Waals surface area (Å²) in [7, 11) is 0. The fourth-order valence-electron chi connectivity index (χ4n) is 3.39. The third-order valence-electron chi connectivity index (χ3n) is 4.78. The minimum Gasteiger partial charge on any atom is -0.463 e. The first-order chi connectivity index (χ1) is 12.7. The van der Waals surface area contributed by atoms with E-state index in [0.717, 1.165) is 42.3 Å². The van der Waals surface area contributed by atoms with E-state index in [9.17, 15) is 9.90 Å². The third-order valence-corrected chi connectivity index (χ3v) is 6.73. The van der Waals surface area contributed by atoms with Gasteiger partial charge in [-0.3, -0.25) is 9.71 Å². The lowest BCUT2D eigenvalue weighted by molar-refractivity contribution is -0.138. The molecule has 2 N–H and O–H groups in total. The van der Waals surface area contributed by atoms with Crippen molar-refractivity contribution in [1.82, 2.24) is 14.6 Å². The predicted molar refractivity (Wildman–Crippen MR) is 102 cm³/mol. The molecule has 2 aliphatic heterocycles. The van der Waals surface area contributed by atoms with Gasteiger partial charge in [-0.2, -0.15) is 0 Å². The average molecular weight is 395 g/mol. The van der Waals surface area contributed by atoms with Gasteiger partial charge in [0.2, 0.25) is 0 Å². The number of nitrogens with zero attached hydrogens (tertiary/aromatic N) is 3. The Labute approximate surface area is 160 Å². The lowest BCUT2D eigenvalue weighted by Crippen LogP contribution is -2.38. The summed E-state index contributed by atoms with van der Waals surface area (Å²) in [5, 5.41) is 12.7. The van der Waals surface area contributed by atoms with E-state index in [1.54, 1.807) is 29.5 Å². The topological polar surface area (TPSA) is 87.0 Å². The van der Waals surface area contributed by atoms with Gasteiger partial charge in [-0.15, -0.1) is 11.3 Å². The molecule has 140 valence electrons. The van der Waals surface area contributed by atoms with Gasteiger partial charge < -0.3 is 14.7 Å². The molecule has 1 aromatic rings. The van der Waals surface area contributed by atoms with Crippen LogP contribution < -0.4 is 4.72 Å². The minimum atomic E-state index is -0.273. The molecule has 2 fully saturated rings. The Morgan fingerprint density at radius 1 is 1.54 bits per heavy atom. The molecule has 7 nitrogen and oxygen atoms in total. The zero-order valence-electron chi connectivity index (χ0n) is 14.6. The molecule has 1 saturated carbocycles. The van der Waals surface area contributed by atoms with Crippen molar-refractivity contribution in [1.29, 1.82) is 0 Å². The normalized spacial score (nSPS) is 27.8. The van der Waals surface area contributed by atoms with Gasteiger partial charge in [0.25, 0.3) is 0 Å². The van der Waals surface area contributed by atoms with E-state index in [1.807, 2.05) is 12.3 Å². The molecule has 4 rings (SSSR count). The fraction of sp³-hybridized carbons (Fsp3) is 0.588. The van der Waals surface area contributed by atoms with E-state index in [-0.39, 0.29) is 18.1 Å². The van der Waals surface area contributed by atoms with Crippen molar-refractivity contribution in [2.45, 2.75) is 43.6 Å². The smallest absolute Gasteiger partial charge is 0.337 e. The Balaban J connectivity index is 1.51. The number of hydrogen-bond acceptors (Lipinski definition) is 9. The number of carbonyl (C=O) groups excluding carboxylic acids is 1. The van der Waals surface area contributed by atoms with Gasteiger partial charge in [0.15, 0.2) is 10.8 Å². The molecule has 1 atom stereocenters. The number of esters is 1. The van der Waals surface area contributed by atoms with E-state index in [0.29, 0.717) is 24.0 Å². The zero-order valence-corrected chi connectivity index (χ0v) is 16.2. The van der Waals surface area contributed by atoms with Gasteiger partial charge in [0.1, 0.15) is 0 Å². The quantitative estimate of drug-likeness (QED) is 0.559. The molecule has 0 amide bonds.